The predicted octanol–water partition coefficient (Wildman–Crippen LogP) is 2.38. The van der Waals surface area contributed by atoms with Gasteiger partial charge in [0.25, 0.3) is 0 Å². The summed E-state index contributed by atoms with van der Waals surface area (Å²) in [5.41, 5.74) is 6.73. The number of amides is 1. The lowest BCUT2D eigenvalue weighted by Crippen LogP contribution is -2.27. The Morgan fingerprint density at radius 3 is 2.62 bits per heavy atom. The number of nitrogens with zero attached hydrogens (tertiary/aromatic N) is 1. The van der Waals surface area contributed by atoms with E-state index in [9.17, 15) is 9.18 Å². The van der Waals surface area contributed by atoms with E-state index in [2.05, 4.69) is 5.32 Å². The molecular weight excluding hydrogens is 269 g/mol. The Labute approximate surface area is 122 Å². The minimum absolute atomic E-state index is 0.114. The van der Waals surface area contributed by atoms with Crippen LogP contribution in [0.15, 0.2) is 48.5 Å². The van der Waals surface area contributed by atoms with Gasteiger partial charge in [-0.15, -0.1) is 0 Å². The molecule has 0 heterocycles. The van der Waals surface area contributed by atoms with Gasteiger partial charge in [-0.2, -0.15) is 5.26 Å². The highest BCUT2D eigenvalue weighted by Gasteiger charge is 2.19. The molecule has 0 aliphatic heterocycles. The van der Waals surface area contributed by atoms with Gasteiger partial charge in [0.05, 0.1) is 11.5 Å². The average molecular weight is 283 g/mol. The van der Waals surface area contributed by atoms with Crippen LogP contribution in [0.4, 0.5) is 10.1 Å². The van der Waals surface area contributed by atoms with Crippen molar-refractivity contribution in [1.29, 1.82) is 5.26 Å². The molecule has 0 radical (unpaired) electrons. The summed E-state index contributed by atoms with van der Waals surface area (Å²) in [6, 6.07) is 14.7. The van der Waals surface area contributed by atoms with Gasteiger partial charge in [-0.1, -0.05) is 30.3 Å². The summed E-state index contributed by atoms with van der Waals surface area (Å²) in [6.45, 7) is 0.155. The zero-order valence-electron chi connectivity index (χ0n) is 11.2. The van der Waals surface area contributed by atoms with Crippen molar-refractivity contribution in [1.82, 2.24) is 0 Å². The van der Waals surface area contributed by atoms with E-state index in [1.165, 1.54) is 12.1 Å². The monoisotopic (exact) mass is 283 g/mol. The maximum absolute atomic E-state index is 13.2. The molecule has 0 aromatic heterocycles. The second-order valence-electron chi connectivity index (χ2n) is 4.49. The highest BCUT2D eigenvalue weighted by molar-refractivity contribution is 5.96. The largest absolute Gasteiger partial charge is 0.329 e. The van der Waals surface area contributed by atoms with Crippen LogP contribution in [-0.2, 0) is 4.79 Å². The molecule has 0 bridgehead atoms. The number of rotatable bonds is 4. The number of benzene rings is 2. The minimum Gasteiger partial charge on any atom is -0.329 e. The van der Waals surface area contributed by atoms with Crippen molar-refractivity contribution in [3.8, 4) is 6.07 Å². The summed E-state index contributed by atoms with van der Waals surface area (Å²) >= 11 is 0. The minimum atomic E-state index is -0.617. The second-order valence-corrected chi connectivity index (χ2v) is 4.49. The van der Waals surface area contributed by atoms with Crippen LogP contribution in [0.25, 0.3) is 0 Å². The normalized spacial score (nSPS) is 11.5. The summed E-state index contributed by atoms with van der Waals surface area (Å²) in [7, 11) is 0. The van der Waals surface area contributed by atoms with Crippen LogP contribution in [0, 0.1) is 17.1 Å². The zero-order chi connectivity index (χ0) is 15.2. The number of nitrogens with two attached hydrogens (primary N) is 1. The quantitative estimate of drug-likeness (QED) is 0.904. The fraction of sp³-hybridized carbons (Fsp3) is 0.125. The molecule has 2 rings (SSSR count). The molecule has 1 atom stereocenters. The van der Waals surface area contributed by atoms with Crippen LogP contribution in [0.1, 0.15) is 17.0 Å². The topological polar surface area (TPSA) is 78.9 Å². The number of carbonyl (C=O) groups excluding carboxylic acids is 1. The van der Waals surface area contributed by atoms with Crippen LogP contribution >= 0.6 is 0 Å². The molecule has 1 unspecified atom stereocenters. The fourth-order valence-electron chi connectivity index (χ4n) is 2.00. The van der Waals surface area contributed by atoms with Crippen molar-refractivity contribution >= 4 is 11.6 Å². The van der Waals surface area contributed by atoms with Crippen molar-refractivity contribution in [3.05, 3.63) is 65.5 Å². The molecule has 21 heavy (non-hydrogen) atoms. The average Bonchev–Trinajstić information content (AvgIpc) is 2.51. The highest BCUT2D eigenvalue weighted by Crippen LogP contribution is 2.19. The number of halogens is 1. The van der Waals surface area contributed by atoms with Gasteiger partial charge in [-0.3, -0.25) is 4.79 Å². The first-order chi connectivity index (χ1) is 10.2. The van der Waals surface area contributed by atoms with Crippen molar-refractivity contribution in [2.24, 2.45) is 5.73 Å². The van der Waals surface area contributed by atoms with Crippen molar-refractivity contribution in [2.45, 2.75) is 5.92 Å². The van der Waals surface area contributed by atoms with Crippen molar-refractivity contribution in [3.63, 3.8) is 0 Å². The van der Waals surface area contributed by atoms with E-state index >= 15 is 0 Å². The highest BCUT2D eigenvalue weighted by atomic mass is 19.1. The van der Waals surface area contributed by atoms with E-state index in [0.717, 1.165) is 11.6 Å². The molecule has 0 fully saturated rings. The molecule has 5 heteroatoms. The van der Waals surface area contributed by atoms with Gasteiger partial charge in [-0.05, 0) is 23.8 Å². The molecular formula is C16H14FN3O. The summed E-state index contributed by atoms with van der Waals surface area (Å²) in [5.74, 6) is -1.41. The van der Waals surface area contributed by atoms with Gasteiger partial charge in [0.15, 0.2) is 0 Å². The van der Waals surface area contributed by atoms with Crippen molar-refractivity contribution < 1.29 is 9.18 Å². The van der Waals surface area contributed by atoms with Gasteiger partial charge in [0.1, 0.15) is 11.9 Å². The first-order valence-corrected chi connectivity index (χ1v) is 6.41. The van der Waals surface area contributed by atoms with Crippen LogP contribution in [0.5, 0.6) is 0 Å². The molecule has 4 nitrogen and oxygen atoms in total. The van der Waals surface area contributed by atoms with Crippen LogP contribution in [-0.4, -0.2) is 12.5 Å². The summed E-state index contributed by atoms with van der Waals surface area (Å²) in [5, 5.41) is 11.4. The summed E-state index contributed by atoms with van der Waals surface area (Å²) < 4.78 is 13.2. The third-order valence-corrected chi connectivity index (χ3v) is 3.11. The smallest absolute Gasteiger partial charge is 0.233 e. The molecule has 2 aromatic carbocycles. The maximum atomic E-state index is 13.2. The van der Waals surface area contributed by atoms with E-state index in [1.54, 1.807) is 6.07 Å². The maximum Gasteiger partial charge on any atom is 0.233 e. The number of nitrogens with one attached hydrogen (secondary N) is 1. The molecule has 1 amide bonds. The predicted molar refractivity (Wildman–Crippen MR) is 78.0 cm³/mol. The third kappa shape index (κ3) is 3.44. The lowest BCUT2D eigenvalue weighted by Gasteiger charge is -2.15. The Morgan fingerprint density at radius 1 is 1.29 bits per heavy atom. The van der Waals surface area contributed by atoms with Crippen molar-refractivity contribution in [2.75, 3.05) is 11.9 Å². The molecule has 0 saturated carbocycles. The van der Waals surface area contributed by atoms with E-state index in [-0.39, 0.29) is 18.0 Å². The Morgan fingerprint density at radius 2 is 2.00 bits per heavy atom. The Balaban J connectivity index is 2.19. The molecule has 2 aromatic rings. The summed E-state index contributed by atoms with van der Waals surface area (Å²) in [4.78, 5) is 12.3. The first-order valence-electron chi connectivity index (χ1n) is 6.41. The Bertz CT molecular complexity index is 680. The van der Waals surface area contributed by atoms with Gasteiger partial charge >= 0.3 is 0 Å². The molecule has 0 spiro atoms. The zero-order valence-corrected chi connectivity index (χ0v) is 11.2. The van der Waals surface area contributed by atoms with E-state index in [0.29, 0.717) is 5.69 Å². The van der Waals surface area contributed by atoms with Crippen LogP contribution < -0.4 is 11.1 Å². The van der Waals surface area contributed by atoms with Gasteiger partial charge in [0, 0.05) is 12.2 Å². The molecule has 0 aliphatic carbocycles. The van der Waals surface area contributed by atoms with E-state index in [4.69, 9.17) is 11.0 Å². The number of nitriles is 1. The number of hydrogen-bond acceptors (Lipinski definition) is 3. The molecule has 0 aliphatic rings. The third-order valence-electron chi connectivity index (χ3n) is 3.11. The van der Waals surface area contributed by atoms with E-state index in [1.807, 2.05) is 30.3 Å². The van der Waals surface area contributed by atoms with Crippen LogP contribution in [0.2, 0.25) is 0 Å². The Kier molecular flexibility index (Phi) is 4.64. The van der Waals surface area contributed by atoms with E-state index < -0.39 is 11.7 Å². The molecule has 3 N–H and O–H groups in total. The van der Waals surface area contributed by atoms with Crippen LogP contribution in [0.3, 0.4) is 0 Å². The Hall–Kier alpha value is -2.71. The summed E-state index contributed by atoms with van der Waals surface area (Å²) in [6.07, 6.45) is 0. The van der Waals surface area contributed by atoms with Gasteiger partial charge in [-0.25, -0.2) is 4.39 Å². The van der Waals surface area contributed by atoms with Gasteiger partial charge in [0.2, 0.25) is 5.91 Å². The SMILES string of the molecule is N#Cc1cc(NC(=O)C(CN)c2ccccc2)ccc1F. The molecule has 0 saturated heterocycles. The lowest BCUT2D eigenvalue weighted by molar-refractivity contribution is -0.117. The van der Waals surface area contributed by atoms with Gasteiger partial charge < -0.3 is 11.1 Å². The number of hydrogen-bond donors (Lipinski definition) is 2. The number of carbonyl (C=O) groups is 1. The fourth-order valence-corrected chi connectivity index (χ4v) is 2.00. The molecule has 106 valence electrons. The second kappa shape index (κ2) is 6.64. The number of anilines is 1. The lowest BCUT2D eigenvalue weighted by atomic mass is 9.98. The standard InChI is InChI=1S/C16H14FN3O/c17-15-7-6-13(8-12(15)9-18)20-16(21)14(10-19)11-4-2-1-3-5-11/h1-8,14H,10,19H2,(H,20,21). The first kappa shape index (κ1) is 14.7.